The molecule has 2 aromatic heterocycles. The molecule has 1 aromatic carbocycles. The van der Waals surface area contributed by atoms with Crippen molar-refractivity contribution in [2.75, 3.05) is 36.0 Å². The molecule has 2 saturated heterocycles. The molecular weight excluding hydrogens is 416 g/mol. The van der Waals surface area contributed by atoms with E-state index in [-0.39, 0.29) is 11.8 Å². The molecule has 33 heavy (non-hydrogen) atoms. The number of carbonyl (C=O) groups excluding carboxylic acids is 2. The fourth-order valence-corrected chi connectivity index (χ4v) is 5.62. The Hall–Kier alpha value is -3.42. The molecule has 3 aromatic rings. The molecule has 3 aliphatic rings. The lowest BCUT2D eigenvalue weighted by molar-refractivity contribution is -0.130. The third-order valence-corrected chi connectivity index (χ3v) is 7.39. The zero-order valence-corrected chi connectivity index (χ0v) is 18.9. The predicted octanol–water partition coefficient (Wildman–Crippen LogP) is 3.44. The quantitative estimate of drug-likeness (QED) is 0.619. The van der Waals surface area contributed by atoms with Crippen molar-refractivity contribution in [1.29, 1.82) is 0 Å². The van der Waals surface area contributed by atoms with Crippen LogP contribution in [0.4, 0.5) is 17.2 Å². The van der Waals surface area contributed by atoms with Gasteiger partial charge in [-0.3, -0.25) is 9.59 Å². The van der Waals surface area contributed by atoms with Crippen LogP contribution in [0, 0.1) is 0 Å². The van der Waals surface area contributed by atoms with Crippen molar-refractivity contribution in [2.24, 2.45) is 0 Å². The van der Waals surface area contributed by atoms with Crippen LogP contribution in [0.25, 0.3) is 11.0 Å². The van der Waals surface area contributed by atoms with Gasteiger partial charge in [0.25, 0.3) is 0 Å². The zero-order chi connectivity index (χ0) is 22.5. The molecule has 0 radical (unpaired) electrons. The summed E-state index contributed by atoms with van der Waals surface area (Å²) >= 11 is 0. The summed E-state index contributed by atoms with van der Waals surface area (Å²) in [4.78, 5) is 39.3. The van der Waals surface area contributed by atoms with Gasteiger partial charge in [-0.25, -0.2) is 9.97 Å². The molecule has 0 atom stereocenters. The van der Waals surface area contributed by atoms with Crippen LogP contribution in [-0.2, 0) is 16.0 Å². The van der Waals surface area contributed by atoms with Gasteiger partial charge in [0.05, 0.1) is 5.39 Å². The van der Waals surface area contributed by atoms with E-state index < -0.39 is 0 Å². The minimum absolute atomic E-state index is 0.153. The van der Waals surface area contributed by atoms with Crippen molar-refractivity contribution in [1.82, 2.24) is 19.4 Å². The van der Waals surface area contributed by atoms with Gasteiger partial charge in [0.2, 0.25) is 11.8 Å². The first-order chi connectivity index (χ1) is 16.1. The SMILES string of the molecule is CC(=O)N1CCC(n2ccc3c(N4CCc5cc(N6CCCC6=O)ccc54)ncnc32)CC1. The number of hydrogen-bond donors (Lipinski definition) is 0. The number of hydrogen-bond acceptors (Lipinski definition) is 5. The second-order valence-corrected chi connectivity index (χ2v) is 9.26. The molecule has 0 N–H and O–H groups in total. The number of likely N-dealkylation sites (tertiary alicyclic amines) is 1. The molecule has 8 nitrogen and oxygen atoms in total. The molecule has 0 bridgehead atoms. The van der Waals surface area contributed by atoms with Crippen molar-refractivity contribution in [3.8, 4) is 0 Å². The molecular formula is C25H28N6O2. The summed E-state index contributed by atoms with van der Waals surface area (Å²) in [6, 6.07) is 8.83. The lowest BCUT2D eigenvalue weighted by Gasteiger charge is -2.32. The Balaban J connectivity index is 1.30. The largest absolute Gasteiger partial charge is 0.343 e. The Morgan fingerprint density at radius 2 is 1.85 bits per heavy atom. The lowest BCUT2D eigenvalue weighted by atomic mass is 10.0. The van der Waals surface area contributed by atoms with E-state index in [1.807, 2.05) is 9.80 Å². The normalized spacial score (nSPS) is 19.1. The van der Waals surface area contributed by atoms with Crippen LogP contribution >= 0.6 is 0 Å². The van der Waals surface area contributed by atoms with Gasteiger partial charge in [-0.15, -0.1) is 0 Å². The number of fused-ring (bicyclic) bond motifs is 2. The molecule has 170 valence electrons. The topological polar surface area (TPSA) is 74.6 Å². The Morgan fingerprint density at radius 3 is 2.61 bits per heavy atom. The number of anilines is 3. The van der Waals surface area contributed by atoms with Crippen LogP contribution in [0.5, 0.6) is 0 Å². The van der Waals surface area contributed by atoms with Crippen molar-refractivity contribution in [2.45, 2.75) is 45.1 Å². The molecule has 2 amide bonds. The highest BCUT2D eigenvalue weighted by atomic mass is 16.2. The first-order valence-electron chi connectivity index (χ1n) is 11.9. The van der Waals surface area contributed by atoms with Gasteiger partial charge < -0.3 is 19.3 Å². The number of benzene rings is 1. The average Bonchev–Trinajstić information content (AvgIpc) is 3.56. The van der Waals surface area contributed by atoms with Gasteiger partial charge in [0.15, 0.2) is 0 Å². The monoisotopic (exact) mass is 444 g/mol. The first-order valence-corrected chi connectivity index (χ1v) is 11.9. The smallest absolute Gasteiger partial charge is 0.227 e. The zero-order valence-electron chi connectivity index (χ0n) is 18.9. The molecule has 3 aliphatic heterocycles. The fraction of sp³-hybridized carbons (Fsp3) is 0.440. The van der Waals surface area contributed by atoms with Crippen LogP contribution in [0.2, 0.25) is 0 Å². The van der Waals surface area contributed by atoms with Crippen LogP contribution in [0.1, 0.15) is 44.2 Å². The maximum atomic E-state index is 12.2. The third kappa shape index (κ3) is 3.35. The summed E-state index contributed by atoms with van der Waals surface area (Å²) < 4.78 is 2.26. The van der Waals surface area contributed by atoms with Gasteiger partial charge in [-0.05, 0) is 55.5 Å². The van der Waals surface area contributed by atoms with Gasteiger partial charge in [-0.2, -0.15) is 0 Å². The first kappa shape index (κ1) is 20.2. The molecule has 2 fully saturated rings. The summed E-state index contributed by atoms with van der Waals surface area (Å²) in [7, 11) is 0. The van der Waals surface area contributed by atoms with Crippen LogP contribution < -0.4 is 9.80 Å². The summed E-state index contributed by atoms with van der Waals surface area (Å²) in [6.45, 7) is 4.90. The number of nitrogens with zero attached hydrogens (tertiary/aromatic N) is 6. The van der Waals surface area contributed by atoms with Crippen LogP contribution in [0.3, 0.4) is 0 Å². The molecule has 6 rings (SSSR count). The number of rotatable bonds is 3. The van der Waals surface area contributed by atoms with E-state index in [1.165, 1.54) is 5.56 Å². The number of amides is 2. The second kappa shape index (κ2) is 7.86. The molecule has 0 unspecified atom stereocenters. The molecule has 0 spiro atoms. The summed E-state index contributed by atoms with van der Waals surface area (Å²) in [5.74, 6) is 1.31. The van der Waals surface area contributed by atoms with Gasteiger partial charge in [0.1, 0.15) is 17.8 Å². The summed E-state index contributed by atoms with van der Waals surface area (Å²) in [5.41, 5.74) is 4.38. The molecule has 0 aliphatic carbocycles. The highest BCUT2D eigenvalue weighted by molar-refractivity contribution is 5.96. The van der Waals surface area contributed by atoms with Crippen molar-refractivity contribution in [3.05, 3.63) is 42.4 Å². The van der Waals surface area contributed by atoms with Gasteiger partial charge in [0, 0.05) is 63.1 Å². The van der Waals surface area contributed by atoms with Gasteiger partial charge in [-0.1, -0.05) is 0 Å². The average molecular weight is 445 g/mol. The standard InChI is InChI=1S/C25H28N6O2/c1-17(32)28-11-7-19(8-12-28)30-14-9-21-24(30)26-16-27-25(21)31-13-6-18-15-20(4-5-22(18)31)29-10-2-3-23(29)33/h4-5,9,14-16,19H,2-3,6-8,10-13H2,1H3. The van der Waals surface area contributed by atoms with Crippen LogP contribution in [-0.4, -0.2) is 57.4 Å². The maximum absolute atomic E-state index is 12.2. The summed E-state index contributed by atoms with van der Waals surface area (Å²) in [6.07, 6.45) is 8.17. The van der Waals surface area contributed by atoms with Crippen molar-refractivity contribution >= 4 is 40.0 Å². The highest BCUT2D eigenvalue weighted by Crippen LogP contribution is 2.39. The lowest BCUT2D eigenvalue weighted by Crippen LogP contribution is -2.37. The van der Waals surface area contributed by atoms with Crippen LogP contribution in [0.15, 0.2) is 36.8 Å². The number of aromatic nitrogens is 3. The van der Waals surface area contributed by atoms with E-state index in [2.05, 4.69) is 49.9 Å². The Bertz CT molecular complexity index is 1240. The molecule has 5 heterocycles. The number of piperidine rings is 1. The Morgan fingerprint density at radius 1 is 1.00 bits per heavy atom. The van der Waals surface area contributed by atoms with E-state index in [9.17, 15) is 9.59 Å². The van der Waals surface area contributed by atoms with Crippen molar-refractivity contribution < 1.29 is 9.59 Å². The molecule has 0 saturated carbocycles. The molecule has 8 heteroatoms. The Labute approximate surface area is 192 Å². The Kier molecular flexibility index (Phi) is 4.81. The number of carbonyl (C=O) groups is 2. The third-order valence-electron chi connectivity index (χ3n) is 7.39. The highest BCUT2D eigenvalue weighted by Gasteiger charge is 2.28. The van der Waals surface area contributed by atoms with E-state index in [0.29, 0.717) is 12.5 Å². The summed E-state index contributed by atoms with van der Waals surface area (Å²) in [5, 5.41) is 1.05. The van der Waals surface area contributed by atoms with Gasteiger partial charge >= 0.3 is 0 Å². The van der Waals surface area contributed by atoms with E-state index in [1.54, 1.807) is 13.3 Å². The second-order valence-electron chi connectivity index (χ2n) is 9.26. The van der Waals surface area contributed by atoms with E-state index in [4.69, 9.17) is 0 Å². The van der Waals surface area contributed by atoms with E-state index in [0.717, 1.165) is 80.1 Å². The van der Waals surface area contributed by atoms with Crippen molar-refractivity contribution in [3.63, 3.8) is 0 Å². The van der Waals surface area contributed by atoms with E-state index >= 15 is 0 Å². The fourth-order valence-electron chi connectivity index (χ4n) is 5.62. The minimum Gasteiger partial charge on any atom is -0.343 e. The maximum Gasteiger partial charge on any atom is 0.227 e. The predicted molar refractivity (Wildman–Crippen MR) is 127 cm³/mol. The minimum atomic E-state index is 0.153.